The molecule has 4 aliphatic rings. The van der Waals surface area contributed by atoms with Gasteiger partial charge < -0.3 is 19.7 Å². The third-order valence-corrected chi connectivity index (χ3v) is 12.1. The van der Waals surface area contributed by atoms with Crippen molar-refractivity contribution in [3.05, 3.63) is 89.0 Å². The lowest BCUT2D eigenvalue weighted by Crippen LogP contribution is -2.54. The third kappa shape index (κ3) is 7.37. The maximum absolute atomic E-state index is 13.6. The summed E-state index contributed by atoms with van der Waals surface area (Å²) in [5.41, 5.74) is 5.03. The Morgan fingerprint density at radius 2 is 1.76 bits per heavy atom. The average molecular weight is 784 g/mol. The summed E-state index contributed by atoms with van der Waals surface area (Å²) in [5, 5.41) is 9.45. The van der Waals surface area contributed by atoms with Gasteiger partial charge in [-0.25, -0.2) is 4.98 Å². The van der Waals surface area contributed by atoms with E-state index >= 15 is 0 Å². The number of aryl methyl sites for hydroxylation is 1. The van der Waals surface area contributed by atoms with Gasteiger partial charge in [0.05, 0.1) is 34.4 Å². The standard InChI is InChI=1S/C43H45N9O6/c1-25-5-4-20-51(25)24-36-45-31-15-14-29(23-32(31)46-36)44-39(54)27-10-12-28(13-11-27)41-47-35(49-58-41)9-2-6-26-18-21-50(22-19-26)33-8-3-7-30-38(33)43(57)52(42(30)56)34-16-17-37(53)48-40(34)55/h3,7-8,10-15,23,25-26,34H,2,4-6,9,16-22,24H2,1H3,(H,44,54)(H,45,46)(H,48,53,55)/t25-,34?/m0/s1. The van der Waals surface area contributed by atoms with Gasteiger partial charge in [0.25, 0.3) is 23.6 Å². The van der Waals surface area contributed by atoms with Crippen molar-refractivity contribution in [3.63, 3.8) is 0 Å². The average Bonchev–Trinajstić information content (AvgIpc) is 4.02. The predicted octanol–water partition coefficient (Wildman–Crippen LogP) is 5.49. The Bertz CT molecular complexity index is 2410. The second-order valence-corrected chi connectivity index (χ2v) is 15.9. The first-order chi connectivity index (χ1) is 28.2. The molecule has 6 heterocycles. The van der Waals surface area contributed by atoms with Gasteiger partial charge in [-0.2, -0.15) is 4.98 Å². The summed E-state index contributed by atoms with van der Waals surface area (Å²) < 4.78 is 5.58. The summed E-state index contributed by atoms with van der Waals surface area (Å²) in [6, 6.07) is 17.7. The Morgan fingerprint density at radius 1 is 0.931 bits per heavy atom. The molecule has 15 heteroatoms. The van der Waals surface area contributed by atoms with Crippen LogP contribution >= 0.6 is 0 Å². The van der Waals surface area contributed by atoms with Gasteiger partial charge in [0.2, 0.25) is 11.8 Å². The van der Waals surface area contributed by atoms with E-state index in [-0.39, 0.29) is 18.7 Å². The van der Waals surface area contributed by atoms with Gasteiger partial charge in [0, 0.05) is 48.8 Å². The molecule has 3 N–H and O–H groups in total. The van der Waals surface area contributed by atoms with E-state index in [1.54, 1.807) is 24.3 Å². The lowest BCUT2D eigenvalue weighted by molar-refractivity contribution is -0.136. The van der Waals surface area contributed by atoms with Crippen LogP contribution in [0.15, 0.2) is 65.2 Å². The van der Waals surface area contributed by atoms with Crippen LogP contribution in [0.25, 0.3) is 22.5 Å². The summed E-state index contributed by atoms with van der Waals surface area (Å²) >= 11 is 0. The van der Waals surface area contributed by atoms with E-state index in [9.17, 15) is 24.0 Å². The number of fused-ring (bicyclic) bond motifs is 2. The van der Waals surface area contributed by atoms with Crippen molar-refractivity contribution in [2.24, 2.45) is 5.92 Å². The molecule has 0 aliphatic carbocycles. The number of H-pyrrole nitrogens is 1. The van der Waals surface area contributed by atoms with Crippen LogP contribution in [0.4, 0.5) is 11.4 Å². The summed E-state index contributed by atoms with van der Waals surface area (Å²) in [6.45, 7) is 5.60. The van der Waals surface area contributed by atoms with E-state index in [0.29, 0.717) is 58.2 Å². The lowest BCUT2D eigenvalue weighted by atomic mass is 9.91. The van der Waals surface area contributed by atoms with E-state index in [1.807, 2.05) is 36.4 Å². The number of amides is 5. The molecule has 4 aliphatic heterocycles. The van der Waals surface area contributed by atoms with E-state index in [2.05, 4.69) is 42.5 Å². The van der Waals surface area contributed by atoms with Crippen molar-refractivity contribution < 1.29 is 28.5 Å². The van der Waals surface area contributed by atoms with Crippen LogP contribution in [0.1, 0.15) is 101 Å². The topological polar surface area (TPSA) is 187 Å². The molecular weight excluding hydrogens is 739 g/mol. The van der Waals surface area contributed by atoms with Crippen LogP contribution < -0.4 is 15.5 Å². The van der Waals surface area contributed by atoms with Crippen LogP contribution in [-0.2, 0) is 22.6 Å². The minimum atomic E-state index is -0.990. The third-order valence-electron chi connectivity index (χ3n) is 12.1. The van der Waals surface area contributed by atoms with E-state index in [0.717, 1.165) is 79.2 Å². The van der Waals surface area contributed by atoms with Crippen LogP contribution in [0.3, 0.4) is 0 Å². The molecule has 0 saturated carbocycles. The molecule has 58 heavy (non-hydrogen) atoms. The molecule has 2 atom stereocenters. The van der Waals surface area contributed by atoms with Gasteiger partial charge in [-0.1, -0.05) is 11.2 Å². The number of imide groups is 2. The second kappa shape index (κ2) is 15.6. The first-order valence-corrected chi connectivity index (χ1v) is 20.2. The van der Waals surface area contributed by atoms with Gasteiger partial charge in [-0.05, 0) is 119 Å². The monoisotopic (exact) mass is 783 g/mol. The Hall–Kier alpha value is -6.22. The highest BCUT2D eigenvalue weighted by atomic mass is 16.5. The number of aromatic amines is 1. The number of likely N-dealkylation sites (tertiary alicyclic amines) is 1. The summed E-state index contributed by atoms with van der Waals surface area (Å²) in [7, 11) is 0. The lowest BCUT2D eigenvalue weighted by Gasteiger charge is -2.34. The largest absolute Gasteiger partial charge is 0.371 e. The predicted molar refractivity (Wildman–Crippen MR) is 214 cm³/mol. The molecule has 15 nitrogen and oxygen atoms in total. The molecule has 298 valence electrons. The van der Waals surface area contributed by atoms with E-state index in [1.165, 1.54) is 12.8 Å². The normalized spacial score (nSPS) is 20.3. The fraction of sp³-hybridized carbons (Fsp3) is 0.395. The summed E-state index contributed by atoms with van der Waals surface area (Å²) in [6.07, 6.45) is 7.04. The van der Waals surface area contributed by atoms with Gasteiger partial charge >= 0.3 is 0 Å². The number of benzene rings is 3. The first-order valence-electron chi connectivity index (χ1n) is 20.2. The molecule has 3 saturated heterocycles. The van der Waals surface area contributed by atoms with Crippen molar-refractivity contribution in [1.29, 1.82) is 0 Å². The van der Waals surface area contributed by atoms with Crippen molar-refractivity contribution in [1.82, 2.24) is 35.2 Å². The number of imidazole rings is 1. The molecule has 0 spiro atoms. The number of hydrogen-bond acceptors (Lipinski definition) is 11. The number of carbonyl (C=O) groups is 5. The zero-order valence-electron chi connectivity index (χ0n) is 32.3. The van der Waals surface area contributed by atoms with Gasteiger partial charge in [-0.15, -0.1) is 0 Å². The molecule has 3 aromatic carbocycles. The zero-order chi connectivity index (χ0) is 39.9. The first kappa shape index (κ1) is 37.4. The fourth-order valence-corrected chi connectivity index (χ4v) is 8.85. The van der Waals surface area contributed by atoms with E-state index in [4.69, 9.17) is 9.51 Å². The highest BCUT2D eigenvalue weighted by Crippen LogP contribution is 2.36. The molecule has 0 radical (unpaired) electrons. The van der Waals surface area contributed by atoms with Crippen molar-refractivity contribution >= 4 is 51.9 Å². The van der Waals surface area contributed by atoms with Gasteiger partial charge in [0.15, 0.2) is 5.82 Å². The number of carbonyl (C=O) groups excluding carboxylic acids is 5. The SMILES string of the molecule is C[C@H]1CCCN1Cc1nc2ccc(NC(=O)c3ccc(-c4nc(CCCC5CCN(c6cccc7c6C(=O)N(C6CCC(=O)NC6=O)C7=O)CC5)no4)cc3)cc2[nH]1. The molecule has 0 bridgehead atoms. The molecule has 2 aromatic heterocycles. The molecule has 9 rings (SSSR count). The summed E-state index contributed by atoms with van der Waals surface area (Å²) in [5.74, 6) is 0.239. The molecular formula is C43H45N9O6. The van der Waals surface area contributed by atoms with Gasteiger partial charge in [0.1, 0.15) is 11.9 Å². The number of piperidine rings is 2. The van der Waals surface area contributed by atoms with E-state index < -0.39 is 29.7 Å². The minimum absolute atomic E-state index is 0.0829. The number of rotatable bonds is 11. The molecule has 3 fully saturated rings. The van der Waals surface area contributed by atoms with Crippen LogP contribution in [0.2, 0.25) is 0 Å². The Kier molecular flexibility index (Phi) is 10.1. The number of nitrogens with one attached hydrogen (secondary N) is 3. The number of aromatic nitrogens is 4. The quantitative estimate of drug-likeness (QED) is 0.144. The van der Waals surface area contributed by atoms with Crippen LogP contribution in [0, 0.1) is 5.92 Å². The Balaban J connectivity index is 0.746. The number of hydrogen-bond donors (Lipinski definition) is 3. The smallest absolute Gasteiger partial charge is 0.264 e. The highest BCUT2D eigenvalue weighted by molar-refractivity contribution is 6.25. The van der Waals surface area contributed by atoms with Crippen molar-refractivity contribution in [3.8, 4) is 11.5 Å². The van der Waals surface area contributed by atoms with Gasteiger partial charge in [-0.3, -0.25) is 39.1 Å². The fourth-order valence-electron chi connectivity index (χ4n) is 8.85. The number of nitrogens with zero attached hydrogens (tertiary/aromatic N) is 6. The molecule has 5 aromatic rings. The highest BCUT2D eigenvalue weighted by Gasteiger charge is 2.46. The van der Waals surface area contributed by atoms with Crippen molar-refractivity contribution in [2.45, 2.75) is 83.3 Å². The minimum Gasteiger partial charge on any atom is -0.371 e. The molecule has 1 unspecified atom stereocenters. The van der Waals surface area contributed by atoms with Crippen LogP contribution in [-0.4, -0.2) is 91.2 Å². The number of anilines is 2. The maximum Gasteiger partial charge on any atom is 0.264 e. The molecule has 5 amide bonds. The Morgan fingerprint density at radius 3 is 2.53 bits per heavy atom. The maximum atomic E-state index is 13.6. The Labute approximate surface area is 334 Å². The van der Waals surface area contributed by atoms with Crippen molar-refractivity contribution in [2.75, 3.05) is 29.9 Å². The second-order valence-electron chi connectivity index (χ2n) is 15.9. The zero-order valence-corrected chi connectivity index (χ0v) is 32.3. The summed E-state index contributed by atoms with van der Waals surface area (Å²) in [4.78, 5) is 82.6. The van der Waals surface area contributed by atoms with Crippen LogP contribution in [0.5, 0.6) is 0 Å².